The van der Waals surface area contributed by atoms with E-state index in [0.29, 0.717) is 11.3 Å². The lowest BCUT2D eigenvalue weighted by Gasteiger charge is -2.09. The molecule has 1 N–H and O–H groups in total. The van der Waals surface area contributed by atoms with Gasteiger partial charge in [-0.3, -0.25) is 4.79 Å². The molecule has 0 fully saturated rings. The number of fused-ring (bicyclic) bond motifs is 1. The molecule has 0 aliphatic rings. The number of aliphatic carboxylic acids is 1. The van der Waals surface area contributed by atoms with Crippen molar-refractivity contribution >= 4 is 16.9 Å². The molecular weight excluding hydrogens is 270 g/mol. The molecule has 0 aliphatic heterocycles. The molecule has 0 aliphatic carbocycles. The summed E-state index contributed by atoms with van der Waals surface area (Å²) in [5.74, 6) is -0.891. The number of carbonyl (C=O) groups is 1. The number of aromatic nitrogens is 1. The molecule has 5 nitrogen and oxygen atoms in total. The molecule has 3 rings (SSSR count). The van der Waals surface area contributed by atoms with E-state index < -0.39 is 11.6 Å². The Kier molecular flexibility index (Phi) is 3.10. The van der Waals surface area contributed by atoms with Crippen LogP contribution in [-0.4, -0.2) is 15.6 Å². The van der Waals surface area contributed by atoms with Crippen LogP contribution in [0.15, 0.2) is 51.8 Å². The maximum Gasteiger partial charge on any atom is 0.336 e. The molecule has 5 heteroatoms. The van der Waals surface area contributed by atoms with E-state index in [9.17, 15) is 9.59 Å². The maximum absolute atomic E-state index is 11.5. The molecule has 2 aromatic heterocycles. The molecule has 0 unspecified atom stereocenters. The van der Waals surface area contributed by atoms with Gasteiger partial charge in [0.1, 0.15) is 5.58 Å². The van der Waals surface area contributed by atoms with Crippen LogP contribution in [0.25, 0.3) is 16.7 Å². The monoisotopic (exact) mass is 283 g/mol. The van der Waals surface area contributed by atoms with E-state index in [2.05, 4.69) is 0 Å². The van der Waals surface area contributed by atoms with Gasteiger partial charge in [-0.2, -0.15) is 0 Å². The number of hydrogen-bond donors (Lipinski definition) is 1. The minimum absolute atomic E-state index is 0.0667. The number of aryl methyl sites for hydroxylation is 1. The number of rotatable bonds is 3. The molecule has 106 valence electrons. The van der Waals surface area contributed by atoms with Gasteiger partial charge in [0.2, 0.25) is 0 Å². The summed E-state index contributed by atoms with van der Waals surface area (Å²) in [6, 6.07) is 10.5. The normalized spacial score (nSPS) is 10.9. The molecule has 21 heavy (non-hydrogen) atoms. The molecule has 0 amide bonds. The highest BCUT2D eigenvalue weighted by atomic mass is 16.4. The molecule has 0 saturated heterocycles. The molecule has 0 bridgehead atoms. The van der Waals surface area contributed by atoms with Crippen LogP contribution in [0.5, 0.6) is 0 Å². The third-order valence-corrected chi connectivity index (χ3v) is 3.38. The van der Waals surface area contributed by atoms with Gasteiger partial charge in [0.25, 0.3) is 0 Å². The number of benzene rings is 1. The van der Waals surface area contributed by atoms with E-state index in [1.54, 1.807) is 29.0 Å². The highest BCUT2D eigenvalue weighted by Crippen LogP contribution is 2.21. The first-order valence-corrected chi connectivity index (χ1v) is 6.47. The predicted octanol–water partition coefficient (Wildman–Crippen LogP) is 2.52. The van der Waals surface area contributed by atoms with Gasteiger partial charge >= 0.3 is 11.6 Å². The average molecular weight is 283 g/mol. The zero-order valence-corrected chi connectivity index (χ0v) is 11.4. The Morgan fingerprint density at radius 3 is 2.86 bits per heavy atom. The lowest BCUT2D eigenvalue weighted by molar-refractivity contribution is -0.136. The van der Waals surface area contributed by atoms with E-state index in [1.165, 1.54) is 6.07 Å². The van der Waals surface area contributed by atoms with Gasteiger partial charge in [0, 0.05) is 35.1 Å². The smallest absolute Gasteiger partial charge is 0.336 e. The average Bonchev–Trinajstić information content (AvgIpc) is 2.85. The van der Waals surface area contributed by atoms with Crippen LogP contribution in [0.4, 0.5) is 0 Å². The second kappa shape index (κ2) is 4.94. The first-order chi connectivity index (χ1) is 10.0. The van der Waals surface area contributed by atoms with Crippen LogP contribution in [0.1, 0.15) is 11.3 Å². The standard InChI is InChI=1S/C16H13NO4/c1-10-7-16(20)21-14-8-12(4-5-13(10)14)17-6-2-3-11(17)9-15(18)19/h2-8H,9H2,1H3,(H,18,19). The second-order valence-corrected chi connectivity index (χ2v) is 4.87. The number of carboxylic acid groups (broad SMARTS) is 1. The van der Waals surface area contributed by atoms with Gasteiger partial charge in [0.05, 0.1) is 6.42 Å². The van der Waals surface area contributed by atoms with E-state index in [-0.39, 0.29) is 6.42 Å². The summed E-state index contributed by atoms with van der Waals surface area (Å²) in [5, 5.41) is 9.79. The Morgan fingerprint density at radius 1 is 1.29 bits per heavy atom. The van der Waals surface area contributed by atoms with Crippen molar-refractivity contribution in [2.24, 2.45) is 0 Å². The third kappa shape index (κ3) is 2.45. The highest BCUT2D eigenvalue weighted by molar-refractivity contribution is 5.82. The molecular formula is C16H13NO4. The molecule has 2 heterocycles. The molecule has 0 spiro atoms. The lowest BCUT2D eigenvalue weighted by atomic mass is 10.1. The lowest BCUT2D eigenvalue weighted by Crippen LogP contribution is -2.06. The summed E-state index contributed by atoms with van der Waals surface area (Å²) in [6.45, 7) is 1.85. The van der Waals surface area contributed by atoms with Gasteiger partial charge in [-0.15, -0.1) is 0 Å². The summed E-state index contributed by atoms with van der Waals surface area (Å²) in [6.07, 6.45) is 1.72. The molecule has 0 saturated carbocycles. The van der Waals surface area contributed by atoms with Crippen molar-refractivity contribution in [3.8, 4) is 5.69 Å². The predicted molar refractivity (Wildman–Crippen MR) is 77.9 cm³/mol. The van der Waals surface area contributed by atoms with Gasteiger partial charge in [-0.1, -0.05) is 0 Å². The van der Waals surface area contributed by atoms with Crippen LogP contribution >= 0.6 is 0 Å². The van der Waals surface area contributed by atoms with Crippen LogP contribution in [0.2, 0.25) is 0 Å². The molecule has 0 atom stereocenters. The Morgan fingerprint density at radius 2 is 2.10 bits per heavy atom. The van der Waals surface area contributed by atoms with E-state index >= 15 is 0 Å². The van der Waals surface area contributed by atoms with Crippen LogP contribution in [-0.2, 0) is 11.2 Å². The van der Waals surface area contributed by atoms with E-state index in [4.69, 9.17) is 9.52 Å². The second-order valence-electron chi connectivity index (χ2n) is 4.87. The molecule has 0 radical (unpaired) electrons. The van der Waals surface area contributed by atoms with Crippen molar-refractivity contribution in [3.05, 3.63) is 64.3 Å². The Balaban J connectivity index is 2.16. The van der Waals surface area contributed by atoms with Crippen LogP contribution in [0, 0.1) is 6.92 Å². The fourth-order valence-electron chi connectivity index (χ4n) is 2.43. The van der Waals surface area contributed by atoms with Gasteiger partial charge in [-0.25, -0.2) is 4.79 Å². The van der Waals surface area contributed by atoms with Crippen LogP contribution < -0.4 is 5.63 Å². The van der Waals surface area contributed by atoms with E-state index in [0.717, 1.165) is 16.6 Å². The maximum atomic E-state index is 11.5. The Hall–Kier alpha value is -2.82. The van der Waals surface area contributed by atoms with Crippen molar-refractivity contribution in [3.63, 3.8) is 0 Å². The summed E-state index contributed by atoms with van der Waals surface area (Å²) in [4.78, 5) is 22.3. The van der Waals surface area contributed by atoms with E-state index in [1.807, 2.05) is 19.1 Å². The first kappa shape index (κ1) is 13.2. The topological polar surface area (TPSA) is 72.4 Å². The van der Waals surface area contributed by atoms with Crippen molar-refractivity contribution in [2.45, 2.75) is 13.3 Å². The highest BCUT2D eigenvalue weighted by Gasteiger charge is 2.09. The number of nitrogens with zero attached hydrogens (tertiary/aromatic N) is 1. The quantitative estimate of drug-likeness (QED) is 0.750. The van der Waals surface area contributed by atoms with Crippen molar-refractivity contribution in [1.29, 1.82) is 0 Å². The third-order valence-electron chi connectivity index (χ3n) is 3.38. The number of hydrogen-bond acceptors (Lipinski definition) is 3. The Labute approximate surface area is 120 Å². The summed E-state index contributed by atoms with van der Waals surface area (Å²) in [5.41, 5.74) is 2.38. The fraction of sp³-hybridized carbons (Fsp3) is 0.125. The largest absolute Gasteiger partial charge is 0.481 e. The fourth-order valence-corrected chi connectivity index (χ4v) is 2.43. The minimum atomic E-state index is -0.891. The van der Waals surface area contributed by atoms with Crippen molar-refractivity contribution in [2.75, 3.05) is 0 Å². The zero-order valence-electron chi connectivity index (χ0n) is 11.4. The SMILES string of the molecule is Cc1cc(=O)oc2cc(-n3cccc3CC(=O)O)ccc12. The Bertz CT molecular complexity index is 889. The van der Waals surface area contributed by atoms with Gasteiger partial charge < -0.3 is 14.1 Å². The minimum Gasteiger partial charge on any atom is -0.481 e. The van der Waals surface area contributed by atoms with Gasteiger partial charge in [-0.05, 0) is 36.8 Å². The zero-order chi connectivity index (χ0) is 15.0. The van der Waals surface area contributed by atoms with Gasteiger partial charge in [0.15, 0.2) is 0 Å². The summed E-state index contributed by atoms with van der Waals surface area (Å²) in [7, 11) is 0. The first-order valence-electron chi connectivity index (χ1n) is 6.47. The van der Waals surface area contributed by atoms with Crippen LogP contribution in [0.3, 0.4) is 0 Å². The number of carboxylic acids is 1. The van der Waals surface area contributed by atoms with Crippen molar-refractivity contribution in [1.82, 2.24) is 4.57 Å². The molecule has 3 aromatic rings. The summed E-state index contributed by atoms with van der Waals surface area (Å²) >= 11 is 0. The van der Waals surface area contributed by atoms with Crippen molar-refractivity contribution < 1.29 is 14.3 Å². The molecule has 1 aromatic carbocycles. The summed E-state index contributed by atoms with van der Waals surface area (Å²) < 4.78 is 6.99.